The van der Waals surface area contributed by atoms with Gasteiger partial charge in [-0.1, -0.05) is 158 Å². The van der Waals surface area contributed by atoms with Crippen molar-refractivity contribution in [1.29, 1.82) is 0 Å². The predicted octanol–water partition coefficient (Wildman–Crippen LogP) is 15.6. The van der Waals surface area contributed by atoms with Gasteiger partial charge in [0.2, 0.25) is 0 Å². The zero-order valence-corrected chi connectivity index (χ0v) is 31.8. The minimum atomic E-state index is 1.11. The van der Waals surface area contributed by atoms with Crippen LogP contribution >= 0.6 is 0 Å². The first-order valence-electron chi connectivity index (χ1n) is 19.9. The summed E-state index contributed by atoms with van der Waals surface area (Å²) in [6, 6.07) is 83.7. The molecule has 0 fully saturated rings. The van der Waals surface area contributed by atoms with E-state index in [4.69, 9.17) is 0 Å². The van der Waals surface area contributed by atoms with E-state index < -0.39 is 0 Å². The Bertz CT molecular complexity index is 3270. The Morgan fingerprint density at radius 1 is 0.293 bits per heavy atom. The van der Waals surface area contributed by atoms with Gasteiger partial charge in [0.05, 0.1) is 16.7 Å². The molecule has 0 aliphatic heterocycles. The standard InChI is InChI=1S/C56H38N2/c1-4-14-39(15-5-1)41-24-25-43-35-44(27-26-42(43)34-41)45-28-29-47-37-49(31-30-46(47)36-45)57(54-22-12-10-20-51(54)40-16-6-2-7-17-40)50-32-33-56-53(38-50)52-21-11-13-23-55(52)58(56)48-18-8-3-9-19-48/h1-38H. The maximum Gasteiger partial charge on any atom is 0.0542 e. The van der Waals surface area contributed by atoms with Gasteiger partial charge in [0.25, 0.3) is 0 Å². The molecule has 0 aliphatic carbocycles. The van der Waals surface area contributed by atoms with Gasteiger partial charge in [-0.3, -0.25) is 0 Å². The third-order valence-electron chi connectivity index (χ3n) is 11.5. The highest BCUT2D eigenvalue weighted by Gasteiger charge is 2.20. The van der Waals surface area contributed by atoms with Crippen LogP contribution in [0.3, 0.4) is 0 Å². The van der Waals surface area contributed by atoms with Crippen molar-refractivity contribution in [2.45, 2.75) is 0 Å². The Morgan fingerprint density at radius 2 is 0.776 bits per heavy atom. The third-order valence-corrected chi connectivity index (χ3v) is 11.5. The van der Waals surface area contributed by atoms with E-state index in [2.05, 4.69) is 240 Å². The van der Waals surface area contributed by atoms with Gasteiger partial charge in [0.15, 0.2) is 0 Å². The maximum atomic E-state index is 2.43. The van der Waals surface area contributed by atoms with Gasteiger partial charge in [-0.05, 0) is 122 Å². The Balaban J connectivity index is 1.03. The van der Waals surface area contributed by atoms with E-state index >= 15 is 0 Å². The molecule has 0 spiro atoms. The lowest BCUT2D eigenvalue weighted by molar-refractivity contribution is 1.18. The van der Waals surface area contributed by atoms with Gasteiger partial charge in [-0.2, -0.15) is 0 Å². The van der Waals surface area contributed by atoms with Crippen molar-refractivity contribution < 1.29 is 0 Å². The maximum absolute atomic E-state index is 2.43. The number of nitrogens with zero attached hydrogens (tertiary/aromatic N) is 2. The molecule has 0 saturated carbocycles. The molecule has 0 N–H and O–H groups in total. The number of rotatable bonds is 7. The van der Waals surface area contributed by atoms with Crippen molar-refractivity contribution >= 4 is 60.4 Å². The smallest absolute Gasteiger partial charge is 0.0542 e. The van der Waals surface area contributed by atoms with Crippen LogP contribution in [-0.2, 0) is 0 Å². The fourth-order valence-corrected chi connectivity index (χ4v) is 8.70. The van der Waals surface area contributed by atoms with Gasteiger partial charge in [-0.15, -0.1) is 0 Å². The van der Waals surface area contributed by atoms with Crippen LogP contribution in [0.5, 0.6) is 0 Å². The number of hydrogen-bond acceptors (Lipinski definition) is 1. The summed E-state index contributed by atoms with van der Waals surface area (Å²) in [4.78, 5) is 2.43. The molecule has 0 amide bonds. The highest BCUT2D eigenvalue weighted by molar-refractivity contribution is 6.11. The minimum Gasteiger partial charge on any atom is -0.310 e. The SMILES string of the molecule is c1ccc(-c2ccc3cc(-c4ccc5cc(N(c6ccc7c(c6)c6ccccc6n7-c6ccccc6)c6ccccc6-c6ccccc6)ccc5c4)ccc3c2)cc1. The molecular weight excluding hydrogens is 701 g/mol. The molecule has 1 aromatic heterocycles. The second kappa shape index (κ2) is 14.1. The summed E-state index contributed by atoms with van der Waals surface area (Å²) in [5, 5.41) is 7.34. The molecule has 11 rings (SSSR count). The van der Waals surface area contributed by atoms with Gasteiger partial charge in [0, 0.05) is 33.4 Å². The van der Waals surface area contributed by atoms with Crippen molar-refractivity contribution in [2.24, 2.45) is 0 Å². The lowest BCUT2D eigenvalue weighted by atomic mass is 9.96. The molecule has 10 aromatic carbocycles. The summed E-state index contributed by atoms with van der Waals surface area (Å²) in [5.41, 5.74) is 14.1. The summed E-state index contributed by atoms with van der Waals surface area (Å²) < 4.78 is 2.38. The van der Waals surface area contributed by atoms with Crippen LogP contribution in [-0.4, -0.2) is 4.57 Å². The average molecular weight is 739 g/mol. The molecule has 0 radical (unpaired) electrons. The summed E-state index contributed by atoms with van der Waals surface area (Å²) in [6.07, 6.45) is 0. The van der Waals surface area contributed by atoms with E-state index in [1.54, 1.807) is 0 Å². The van der Waals surface area contributed by atoms with Crippen LogP contribution in [0.15, 0.2) is 231 Å². The van der Waals surface area contributed by atoms with E-state index in [1.165, 1.54) is 76.7 Å². The minimum absolute atomic E-state index is 1.11. The molecule has 272 valence electrons. The van der Waals surface area contributed by atoms with Crippen molar-refractivity contribution in [3.63, 3.8) is 0 Å². The van der Waals surface area contributed by atoms with E-state index in [1.807, 2.05) is 0 Å². The fraction of sp³-hybridized carbons (Fsp3) is 0. The monoisotopic (exact) mass is 738 g/mol. The summed E-state index contributed by atoms with van der Waals surface area (Å²) >= 11 is 0. The van der Waals surface area contributed by atoms with E-state index in [9.17, 15) is 0 Å². The normalized spacial score (nSPS) is 11.4. The van der Waals surface area contributed by atoms with Gasteiger partial charge >= 0.3 is 0 Å². The van der Waals surface area contributed by atoms with E-state index in [0.29, 0.717) is 0 Å². The number of anilines is 3. The zero-order valence-electron chi connectivity index (χ0n) is 31.8. The molecule has 0 aliphatic rings. The quantitative estimate of drug-likeness (QED) is 0.158. The van der Waals surface area contributed by atoms with E-state index in [-0.39, 0.29) is 0 Å². The van der Waals surface area contributed by atoms with Crippen molar-refractivity contribution in [3.8, 4) is 39.1 Å². The molecule has 0 saturated heterocycles. The summed E-state index contributed by atoms with van der Waals surface area (Å²) in [5.74, 6) is 0. The largest absolute Gasteiger partial charge is 0.310 e. The molecule has 2 nitrogen and oxygen atoms in total. The van der Waals surface area contributed by atoms with Crippen molar-refractivity contribution in [1.82, 2.24) is 4.57 Å². The topological polar surface area (TPSA) is 8.17 Å². The number of aromatic nitrogens is 1. The molecular formula is C56H38N2. The predicted molar refractivity (Wildman–Crippen MR) is 247 cm³/mol. The molecule has 11 aromatic rings. The van der Waals surface area contributed by atoms with Crippen LogP contribution in [0.2, 0.25) is 0 Å². The van der Waals surface area contributed by atoms with Crippen molar-refractivity contribution in [2.75, 3.05) is 4.90 Å². The second-order valence-electron chi connectivity index (χ2n) is 15.0. The van der Waals surface area contributed by atoms with Crippen molar-refractivity contribution in [3.05, 3.63) is 231 Å². The zero-order chi connectivity index (χ0) is 38.4. The summed E-state index contributed by atoms with van der Waals surface area (Å²) in [6.45, 7) is 0. The molecule has 0 unspecified atom stereocenters. The van der Waals surface area contributed by atoms with Crippen LogP contribution in [0.1, 0.15) is 0 Å². The van der Waals surface area contributed by atoms with Gasteiger partial charge in [-0.25, -0.2) is 0 Å². The van der Waals surface area contributed by atoms with E-state index in [0.717, 1.165) is 22.7 Å². The number of fused-ring (bicyclic) bond motifs is 5. The molecule has 0 atom stereocenters. The number of benzene rings is 10. The van der Waals surface area contributed by atoms with Gasteiger partial charge in [0.1, 0.15) is 0 Å². The second-order valence-corrected chi connectivity index (χ2v) is 15.0. The lowest BCUT2D eigenvalue weighted by Crippen LogP contribution is -2.11. The molecule has 58 heavy (non-hydrogen) atoms. The van der Waals surface area contributed by atoms with Crippen LogP contribution in [0.25, 0.3) is 82.4 Å². The Kier molecular flexibility index (Phi) is 8.19. The molecule has 0 bridgehead atoms. The first-order chi connectivity index (χ1) is 28.7. The number of para-hydroxylation sites is 3. The van der Waals surface area contributed by atoms with Crippen LogP contribution in [0, 0.1) is 0 Å². The summed E-state index contributed by atoms with van der Waals surface area (Å²) in [7, 11) is 0. The molecule has 2 heteroatoms. The first-order valence-corrected chi connectivity index (χ1v) is 19.9. The average Bonchev–Trinajstić information content (AvgIpc) is 3.63. The van der Waals surface area contributed by atoms with Gasteiger partial charge < -0.3 is 9.47 Å². The highest BCUT2D eigenvalue weighted by Crippen LogP contribution is 2.44. The first kappa shape index (κ1) is 33.6. The Hall–Kier alpha value is -7.68. The Labute approximate surface area is 338 Å². The lowest BCUT2D eigenvalue weighted by Gasteiger charge is -2.28. The third kappa shape index (κ3) is 5.91. The number of hydrogen-bond donors (Lipinski definition) is 0. The van der Waals surface area contributed by atoms with Crippen LogP contribution < -0.4 is 4.90 Å². The Morgan fingerprint density at radius 3 is 1.47 bits per heavy atom. The fourth-order valence-electron chi connectivity index (χ4n) is 8.70. The highest BCUT2D eigenvalue weighted by atomic mass is 15.1. The van der Waals surface area contributed by atoms with Crippen LogP contribution in [0.4, 0.5) is 17.1 Å². The molecule has 1 heterocycles.